The second-order valence-electron chi connectivity index (χ2n) is 15.3. The van der Waals surface area contributed by atoms with Gasteiger partial charge in [0.2, 0.25) is 0 Å². The molecule has 0 fully saturated rings. The maximum atomic E-state index is 6.31. The van der Waals surface area contributed by atoms with Gasteiger partial charge in [-0.25, -0.2) is 0 Å². The molecule has 9 aromatic rings. The Hall–Kier alpha value is -6.64. The number of anilines is 3. The van der Waals surface area contributed by atoms with Gasteiger partial charge in [0.25, 0.3) is 0 Å². The van der Waals surface area contributed by atoms with E-state index in [9.17, 15) is 0 Å². The smallest absolute Gasteiger partial charge is 0.135 e. The van der Waals surface area contributed by atoms with E-state index in [2.05, 4.69) is 201 Å². The Morgan fingerprint density at radius 2 is 0.889 bits per heavy atom. The molecule has 0 spiro atoms. The van der Waals surface area contributed by atoms with Gasteiger partial charge in [-0.05, 0) is 104 Å². The summed E-state index contributed by atoms with van der Waals surface area (Å²) in [5.41, 5.74) is 17.6. The van der Waals surface area contributed by atoms with Gasteiger partial charge in [-0.2, -0.15) is 0 Å². The molecule has 2 nitrogen and oxygen atoms in total. The molecule has 54 heavy (non-hydrogen) atoms. The van der Waals surface area contributed by atoms with Crippen molar-refractivity contribution in [3.63, 3.8) is 0 Å². The summed E-state index contributed by atoms with van der Waals surface area (Å²) in [5.74, 6) is 0. The lowest BCUT2D eigenvalue weighted by Crippen LogP contribution is -2.28. The first kappa shape index (κ1) is 30.9. The fraction of sp³-hybridized carbons (Fsp3) is 0.0769. The summed E-state index contributed by atoms with van der Waals surface area (Å²) in [6.07, 6.45) is 0. The molecule has 0 atom stereocenters. The fourth-order valence-corrected chi connectivity index (χ4v) is 9.71. The molecule has 256 valence electrons. The predicted octanol–water partition coefficient (Wildman–Crippen LogP) is 13.7. The monoisotopic (exact) mass is 691 g/mol. The summed E-state index contributed by atoms with van der Waals surface area (Å²) in [6.45, 7) is 4.71. The second-order valence-corrected chi connectivity index (χ2v) is 15.3. The molecule has 0 N–H and O–H groups in total. The zero-order valence-corrected chi connectivity index (χ0v) is 30.3. The molecular formula is C52H37NO. The van der Waals surface area contributed by atoms with Crippen LogP contribution >= 0.6 is 0 Å². The molecule has 0 saturated heterocycles. The highest BCUT2D eigenvalue weighted by Gasteiger charge is 2.46. The van der Waals surface area contributed by atoms with Gasteiger partial charge in [0.05, 0.1) is 5.41 Å². The van der Waals surface area contributed by atoms with Gasteiger partial charge >= 0.3 is 0 Å². The summed E-state index contributed by atoms with van der Waals surface area (Å²) in [5, 5.41) is 2.24. The van der Waals surface area contributed by atoms with Crippen molar-refractivity contribution in [3.05, 3.63) is 221 Å². The predicted molar refractivity (Wildman–Crippen MR) is 223 cm³/mol. The summed E-state index contributed by atoms with van der Waals surface area (Å²) >= 11 is 0. The Morgan fingerprint density at radius 3 is 1.65 bits per heavy atom. The SMILES string of the molecule is CC1(C)c2ccccc2-c2ccc(N(c3ccc4c(c3)-c3ccccc3C4(c3ccccc3)c3ccccc3)c3ccc4oc5ccccc5c4c3)cc21. The molecule has 11 rings (SSSR count). The van der Waals surface area contributed by atoms with Crippen molar-refractivity contribution < 1.29 is 4.42 Å². The number of furan rings is 1. The third-order valence-electron chi connectivity index (χ3n) is 12.1. The Kier molecular flexibility index (Phi) is 6.55. The van der Waals surface area contributed by atoms with Crippen molar-refractivity contribution in [3.8, 4) is 22.3 Å². The lowest BCUT2D eigenvalue weighted by Gasteiger charge is -2.34. The van der Waals surface area contributed by atoms with Gasteiger partial charge in [-0.1, -0.05) is 153 Å². The van der Waals surface area contributed by atoms with E-state index in [-0.39, 0.29) is 5.41 Å². The summed E-state index contributed by atoms with van der Waals surface area (Å²) < 4.78 is 6.31. The average molecular weight is 692 g/mol. The van der Waals surface area contributed by atoms with Gasteiger partial charge in [0.1, 0.15) is 11.2 Å². The van der Waals surface area contributed by atoms with Crippen LogP contribution in [0.5, 0.6) is 0 Å². The molecule has 0 saturated carbocycles. The first-order valence-corrected chi connectivity index (χ1v) is 18.8. The molecule has 1 heterocycles. The van der Waals surface area contributed by atoms with E-state index >= 15 is 0 Å². The average Bonchev–Trinajstić information content (AvgIpc) is 3.82. The molecule has 1 aromatic heterocycles. The van der Waals surface area contributed by atoms with Crippen LogP contribution in [0.2, 0.25) is 0 Å². The van der Waals surface area contributed by atoms with Crippen LogP contribution in [0, 0.1) is 0 Å². The van der Waals surface area contributed by atoms with Crippen LogP contribution in [0.4, 0.5) is 17.1 Å². The van der Waals surface area contributed by atoms with Gasteiger partial charge < -0.3 is 9.32 Å². The summed E-state index contributed by atoms with van der Waals surface area (Å²) in [7, 11) is 0. The molecule has 0 unspecified atom stereocenters. The van der Waals surface area contributed by atoms with E-state index in [1.54, 1.807) is 0 Å². The van der Waals surface area contributed by atoms with Crippen molar-refractivity contribution in [1.82, 2.24) is 0 Å². The molecular weight excluding hydrogens is 655 g/mol. The summed E-state index contributed by atoms with van der Waals surface area (Å²) in [4.78, 5) is 2.44. The van der Waals surface area contributed by atoms with E-state index < -0.39 is 5.41 Å². The highest BCUT2D eigenvalue weighted by atomic mass is 16.3. The van der Waals surface area contributed by atoms with Crippen LogP contribution in [-0.4, -0.2) is 0 Å². The minimum Gasteiger partial charge on any atom is -0.456 e. The molecule has 0 radical (unpaired) electrons. The highest BCUT2D eigenvalue weighted by molar-refractivity contribution is 6.06. The quantitative estimate of drug-likeness (QED) is 0.179. The number of nitrogens with zero attached hydrogens (tertiary/aromatic N) is 1. The Labute approximate surface area is 315 Å². The standard InChI is InChI=1S/C52H37NO/c1-51(2)45-22-12-9-19-39(45)41-28-25-38(33-48(41)51)53(37-27-30-50-44(32-37)42-21-11-14-24-49(42)54-50)36-26-29-47-43(31-36)40-20-10-13-23-46(40)52(47,34-15-5-3-6-16-34)35-17-7-4-8-18-35/h3-33H,1-2H3. The van der Waals surface area contributed by atoms with E-state index in [4.69, 9.17) is 4.42 Å². The van der Waals surface area contributed by atoms with Gasteiger partial charge in [0.15, 0.2) is 0 Å². The van der Waals surface area contributed by atoms with Crippen LogP contribution in [0.15, 0.2) is 192 Å². The van der Waals surface area contributed by atoms with E-state index in [1.165, 1.54) is 55.6 Å². The number of benzene rings is 8. The first-order chi connectivity index (χ1) is 26.5. The lowest BCUT2D eigenvalue weighted by molar-refractivity contribution is 0.660. The maximum Gasteiger partial charge on any atom is 0.135 e. The zero-order chi connectivity index (χ0) is 36.0. The number of rotatable bonds is 5. The first-order valence-electron chi connectivity index (χ1n) is 18.8. The van der Waals surface area contributed by atoms with Gasteiger partial charge in [-0.3, -0.25) is 0 Å². The van der Waals surface area contributed by atoms with E-state index in [0.717, 1.165) is 39.0 Å². The second kappa shape index (κ2) is 11.4. The molecule has 0 aliphatic heterocycles. The van der Waals surface area contributed by atoms with Crippen molar-refractivity contribution in [2.45, 2.75) is 24.7 Å². The number of para-hydroxylation sites is 1. The molecule has 0 amide bonds. The van der Waals surface area contributed by atoms with Crippen molar-refractivity contribution in [2.75, 3.05) is 4.90 Å². The largest absolute Gasteiger partial charge is 0.456 e. The highest BCUT2D eigenvalue weighted by Crippen LogP contribution is 2.57. The van der Waals surface area contributed by atoms with E-state index in [0.29, 0.717) is 0 Å². The molecule has 2 heteroatoms. The fourth-order valence-electron chi connectivity index (χ4n) is 9.71. The third-order valence-corrected chi connectivity index (χ3v) is 12.1. The van der Waals surface area contributed by atoms with Gasteiger partial charge in [0, 0.05) is 33.2 Å². The number of hydrogen-bond donors (Lipinski definition) is 0. The zero-order valence-electron chi connectivity index (χ0n) is 30.3. The van der Waals surface area contributed by atoms with Crippen LogP contribution < -0.4 is 4.90 Å². The van der Waals surface area contributed by atoms with Crippen LogP contribution in [0.3, 0.4) is 0 Å². The Morgan fingerprint density at radius 1 is 0.370 bits per heavy atom. The summed E-state index contributed by atoms with van der Waals surface area (Å²) in [6, 6.07) is 69.1. The van der Waals surface area contributed by atoms with Crippen LogP contribution in [0.1, 0.15) is 47.2 Å². The lowest BCUT2D eigenvalue weighted by atomic mass is 9.68. The molecule has 8 aromatic carbocycles. The maximum absolute atomic E-state index is 6.31. The van der Waals surface area contributed by atoms with Crippen molar-refractivity contribution >= 4 is 39.0 Å². The minimum atomic E-state index is -0.449. The van der Waals surface area contributed by atoms with Crippen molar-refractivity contribution in [2.24, 2.45) is 0 Å². The molecule has 2 aliphatic rings. The van der Waals surface area contributed by atoms with E-state index in [1.807, 2.05) is 6.07 Å². The third kappa shape index (κ3) is 4.22. The van der Waals surface area contributed by atoms with Crippen LogP contribution in [0.25, 0.3) is 44.2 Å². The number of fused-ring (bicyclic) bond motifs is 9. The Balaban J connectivity index is 1.17. The number of hydrogen-bond acceptors (Lipinski definition) is 2. The normalized spacial score (nSPS) is 14.4. The topological polar surface area (TPSA) is 16.4 Å². The van der Waals surface area contributed by atoms with Crippen molar-refractivity contribution in [1.29, 1.82) is 0 Å². The Bertz CT molecular complexity index is 2880. The molecule has 0 bridgehead atoms. The minimum absolute atomic E-state index is 0.125. The molecule has 2 aliphatic carbocycles. The van der Waals surface area contributed by atoms with Crippen LogP contribution in [-0.2, 0) is 10.8 Å². The van der Waals surface area contributed by atoms with Gasteiger partial charge in [-0.15, -0.1) is 0 Å².